The molecule has 3 rings (SSSR count). The van der Waals surface area contributed by atoms with Crippen LogP contribution in [0.25, 0.3) is 10.9 Å². The van der Waals surface area contributed by atoms with Gasteiger partial charge in [-0.05, 0) is 80.3 Å². The maximum atomic E-state index is 13.0. The fourth-order valence-corrected chi connectivity index (χ4v) is 4.39. The van der Waals surface area contributed by atoms with Crippen molar-refractivity contribution in [1.29, 1.82) is 0 Å². The fraction of sp³-hybridized carbons (Fsp3) is 0.522. The second-order valence-corrected chi connectivity index (χ2v) is 10.6. The van der Waals surface area contributed by atoms with Crippen LogP contribution in [0.5, 0.6) is 0 Å². The van der Waals surface area contributed by atoms with Gasteiger partial charge in [-0.15, -0.1) is 0 Å². The van der Waals surface area contributed by atoms with E-state index in [1.807, 2.05) is 43.5 Å². The molecule has 168 valence electrons. The third-order valence-electron chi connectivity index (χ3n) is 5.30. The summed E-state index contributed by atoms with van der Waals surface area (Å²) in [7, 11) is 3.29. The van der Waals surface area contributed by atoms with Gasteiger partial charge in [0, 0.05) is 48.9 Å². The Bertz CT molecular complexity index is 1060. The second kappa shape index (κ2) is 9.18. The van der Waals surface area contributed by atoms with E-state index in [0.717, 1.165) is 21.9 Å². The summed E-state index contributed by atoms with van der Waals surface area (Å²) < 4.78 is 8.47. The molecule has 0 N–H and O–H groups in total. The van der Waals surface area contributed by atoms with Crippen molar-refractivity contribution in [3.05, 3.63) is 43.8 Å². The highest BCUT2D eigenvalue weighted by atomic mass is 127. The van der Waals surface area contributed by atoms with E-state index in [1.54, 1.807) is 25.2 Å². The number of fused-ring (bicyclic) bond motifs is 1. The number of pyridine rings is 1. The lowest BCUT2D eigenvalue weighted by atomic mass is 9.97. The van der Waals surface area contributed by atoms with E-state index >= 15 is 0 Å². The molecule has 2 heterocycles. The molecule has 1 aromatic heterocycles. The van der Waals surface area contributed by atoms with Crippen LogP contribution < -0.4 is 5.43 Å². The average Bonchev–Trinajstić information content (AvgIpc) is 2.68. The van der Waals surface area contributed by atoms with Gasteiger partial charge in [0.15, 0.2) is 0 Å². The minimum atomic E-state index is -0.530. The van der Waals surface area contributed by atoms with Crippen LogP contribution in [-0.4, -0.2) is 59.2 Å². The lowest BCUT2D eigenvalue weighted by Gasteiger charge is -2.34. The number of hydrogen-bond donors (Lipinski definition) is 0. The highest BCUT2D eigenvalue weighted by Crippen LogP contribution is 2.23. The Balaban J connectivity index is 1.93. The Morgan fingerprint density at radius 1 is 1.26 bits per heavy atom. The van der Waals surface area contributed by atoms with E-state index in [0.29, 0.717) is 25.0 Å². The van der Waals surface area contributed by atoms with Gasteiger partial charge in [-0.1, -0.05) is 0 Å². The number of hydrogen-bond acceptors (Lipinski definition) is 4. The molecule has 0 unspecified atom stereocenters. The lowest BCUT2D eigenvalue weighted by molar-refractivity contribution is 0.0157. The van der Waals surface area contributed by atoms with E-state index in [4.69, 9.17) is 4.74 Å². The first-order valence-electron chi connectivity index (χ1n) is 10.5. The molecule has 8 heteroatoms. The molecule has 1 aliphatic heterocycles. The molecule has 1 aromatic carbocycles. The van der Waals surface area contributed by atoms with Gasteiger partial charge in [0.05, 0.1) is 5.52 Å². The van der Waals surface area contributed by atoms with Crippen LogP contribution >= 0.6 is 22.6 Å². The molecule has 2 aromatic rings. The van der Waals surface area contributed by atoms with Crippen molar-refractivity contribution in [3.63, 3.8) is 0 Å². The van der Waals surface area contributed by atoms with Gasteiger partial charge in [0.2, 0.25) is 5.43 Å². The molecule has 0 saturated carbocycles. The molecular formula is C23H30IN3O4. The molecule has 1 fully saturated rings. The summed E-state index contributed by atoms with van der Waals surface area (Å²) in [5.74, 6) is -0.105. The molecule has 0 bridgehead atoms. The van der Waals surface area contributed by atoms with Crippen molar-refractivity contribution >= 4 is 45.5 Å². The maximum absolute atomic E-state index is 13.0. The van der Waals surface area contributed by atoms with Crippen LogP contribution in [-0.2, 0) is 11.3 Å². The highest BCUT2D eigenvalue weighted by molar-refractivity contribution is 14.1. The topological polar surface area (TPSA) is 71.8 Å². The van der Waals surface area contributed by atoms with Crippen LogP contribution in [0.4, 0.5) is 4.79 Å². The number of nitrogens with zero attached hydrogens (tertiary/aromatic N) is 3. The molecule has 0 aliphatic carbocycles. The van der Waals surface area contributed by atoms with Gasteiger partial charge in [0.1, 0.15) is 11.2 Å². The summed E-state index contributed by atoms with van der Waals surface area (Å²) in [6, 6.07) is 5.71. The minimum absolute atomic E-state index is 0.166. The highest BCUT2D eigenvalue weighted by Gasteiger charge is 2.28. The lowest BCUT2D eigenvalue weighted by Crippen LogP contribution is -2.43. The number of likely N-dealkylation sites (tertiary alicyclic amines) is 1. The largest absolute Gasteiger partial charge is 0.444 e. The molecular weight excluding hydrogens is 509 g/mol. The summed E-state index contributed by atoms with van der Waals surface area (Å²) in [5.41, 5.74) is 0.189. The number of aromatic nitrogens is 1. The van der Waals surface area contributed by atoms with Crippen molar-refractivity contribution in [2.45, 2.75) is 45.8 Å². The zero-order valence-electron chi connectivity index (χ0n) is 18.8. The molecule has 31 heavy (non-hydrogen) atoms. The van der Waals surface area contributed by atoms with Gasteiger partial charge in [-0.3, -0.25) is 9.59 Å². The number of amides is 2. The van der Waals surface area contributed by atoms with Crippen LogP contribution in [0.15, 0.2) is 29.2 Å². The Labute approximate surface area is 196 Å². The van der Waals surface area contributed by atoms with Gasteiger partial charge in [-0.2, -0.15) is 0 Å². The number of ether oxygens (including phenoxy) is 1. The SMILES string of the molecule is CN(C)C(=O)c1cn(C[C@@H]2CCCN(C(=O)OC(C)(C)C)C2)c2ccc(I)cc2c1=O. The second-order valence-electron chi connectivity index (χ2n) is 9.32. The van der Waals surface area contributed by atoms with Crippen molar-refractivity contribution < 1.29 is 14.3 Å². The predicted octanol–water partition coefficient (Wildman–Crippen LogP) is 3.96. The summed E-state index contributed by atoms with van der Waals surface area (Å²) in [6.45, 7) is 7.48. The monoisotopic (exact) mass is 539 g/mol. The van der Waals surface area contributed by atoms with E-state index in [1.165, 1.54) is 4.90 Å². The average molecular weight is 539 g/mol. The number of benzene rings is 1. The molecule has 2 amide bonds. The maximum Gasteiger partial charge on any atom is 0.410 e. The zero-order chi connectivity index (χ0) is 22.9. The van der Waals surface area contributed by atoms with E-state index < -0.39 is 5.60 Å². The molecule has 1 aliphatic rings. The molecule has 1 saturated heterocycles. The Hall–Kier alpha value is -2.10. The summed E-state index contributed by atoms with van der Waals surface area (Å²) >= 11 is 2.17. The number of carbonyl (C=O) groups excluding carboxylic acids is 2. The Morgan fingerprint density at radius 2 is 1.97 bits per heavy atom. The van der Waals surface area contributed by atoms with Crippen molar-refractivity contribution in [3.8, 4) is 0 Å². The Kier molecular flexibility index (Phi) is 6.98. The first-order valence-corrected chi connectivity index (χ1v) is 11.6. The Morgan fingerprint density at radius 3 is 2.61 bits per heavy atom. The van der Waals surface area contributed by atoms with Gasteiger partial charge in [0.25, 0.3) is 5.91 Å². The van der Waals surface area contributed by atoms with E-state index in [9.17, 15) is 14.4 Å². The van der Waals surface area contributed by atoms with E-state index in [2.05, 4.69) is 22.6 Å². The molecule has 7 nitrogen and oxygen atoms in total. The number of piperidine rings is 1. The molecule has 0 spiro atoms. The van der Waals surface area contributed by atoms with Crippen LogP contribution in [0, 0.1) is 9.49 Å². The van der Waals surface area contributed by atoms with E-state index in [-0.39, 0.29) is 28.9 Å². The van der Waals surface area contributed by atoms with Crippen LogP contribution in [0.3, 0.4) is 0 Å². The van der Waals surface area contributed by atoms with Crippen LogP contribution in [0.1, 0.15) is 44.0 Å². The predicted molar refractivity (Wildman–Crippen MR) is 129 cm³/mol. The summed E-state index contributed by atoms with van der Waals surface area (Å²) in [4.78, 5) is 41.4. The van der Waals surface area contributed by atoms with Crippen molar-refractivity contribution in [2.24, 2.45) is 5.92 Å². The van der Waals surface area contributed by atoms with Crippen molar-refractivity contribution in [1.82, 2.24) is 14.4 Å². The normalized spacial score (nSPS) is 17.0. The van der Waals surface area contributed by atoms with Gasteiger partial charge in [-0.25, -0.2) is 4.79 Å². The summed E-state index contributed by atoms with van der Waals surface area (Å²) in [6.07, 6.45) is 3.24. The number of halogens is 1. The quantitative estimate of drug-likeness (QED) is 0.554. The standard InChI is InChI=1S/C23H30IN3O4/c1-23(2,3)31-22(30)26-10-6-7-15(12-26)13-27-14-18(21(29)25(4)5)20(28)17-11-16(24)8-9-19(17)27/h8-9,11,14-15H,6-7,10,12-13H2,1-5H3/t15-/m1/s1. The minimum Gasteiger partial charge on any atom is -0.444 e. The zero-order valence-corrected chi connectivity index (χ0v) is 20.9. The first kappa shape index (κ1) is 23.6. The fourth-order valence-electron chi connectivity index (χ4n) is 3.90. The third-order valence-corrected chi connectivity index (χ3v) is 5.98. The molecule has 1 atom stereocenters. The number of carbonyl (C=O) groups is 2. The van der Waals surface area contributed by atoms with Crippen molar-refractivity contribution in [2.75, 3.05) is 27.2 Å². The van der Waals surface area contributed by atoms with Gasteiger partial charge < -0.3 is 19.1 Å². The van der Waals surface area contributed by atoms with Crippen LogP contribution in [0.2, 0.25) is 0 Å². The summed E-state index contributed by atoms with van der Waals surface area (Å²) in [5, 5.41) is 0.541. The molecule has 0 radical (unpaired) electrons. The number of rotatable bonds is 3. The van der Waals surface area contributed by atoms with Gasteiger partial charge >= 0.3 is 6.09 Å². The third kappa shape index (κ3) is 5.58. The smallest absolute Gasteiger partial charge is 0.410 e. The first-order chi connectivity index (χ1) is 14.5.